The summed E-state index contributed by atoms with van der Waals surface area (Å²) in [7, 11) is 0. The Balaban J connectivity index is 2.73. The third kappa shape index (κ3) is 1.39. The molecule has 0 unspecified atom stereocenters. The topological polar surface area (TPSA) is 46.2 Å². The number of rotatable bonds is 1. The molecule has 4 heteroatoms. The first-order chi connectivity index (χ1) is 6.22. The first-order valence-corrected chi connectivity index (χ1v) is 4.99. The molecular weight excluding hydrogens is 206 g/mol. The zero-order chi connectivity index (χ0) is 9.42. The maximum Gasteiger partial charge on any atom is 0.117 e. The number of hydrogen-bond acceptors (Lipinski definition) is 3. The van der Waals surface area contributed by atoms with Gasteiger partial charge in [-0.2, -0.15) is 0 Å². The van der Waals surface area contributed by atoms with Crippen LogP contribution in [0.1, 0.15) is 5.56 Å². The van der Waals surface area contributed by atoms with Gasteiger partial charge in [-0.15, -0.1) is 11.3 Å². The predicted octanol–water partition coefficient (Wildman–Crippen LogP) is 2.63. The van der Waals surface area contributed by atoms with Gasteiger partial charge in [0.25, 0.3) is 0 Å². The van der Waals surface area contributed by atoms with Crippen molar-refractivity contribution in [2.75, 3.05) is 5.73 Å². The zero-order valence-corrected chi connectivity index (χ0v) is 8.32. The fraction of sp³-hybridized carbons (Fsp3) is 0.111. The molecule has 0 saturated heterocycles. The lowest BCUT2D eigenvalue weighted by Crippen LogP contribution is -1.83. The van der Waals surface area contributed by atoms with Crippen molar-refractivity contribution >= 4 is 38.7 Å². The lowest BCUT2D eigenvalue weighted by atomic mass is 10.2. The second-order valence-corrected chi connectivity index (χ2v) is 4.43. The Hall–Kier alpha value is -0.770. The minimum atomic E-state index is 0.0470. The van der Waals surface area contributed by atoms with Crippen molar-refractivity contribution in [2.45, 2.75) is 6.61 Å². The minimum absolute atomic E-state index is 0.0470. The largest absolute Gasteiger partial charge is 0.396 e. The molecule has 0 amide bonds. The number of thiophene rings is 1. The molecule has 13 heavy (non-hydrogen) atoms. The molecule has 0 aliphatic carbocycles. The molecule has 2 aromatic rings. The van der Waals surface area contributed by atoms with Crippen molar-refractivity contribution in [1.29, 1.82) is 0 Å². The lowest BCUT2D eigenvalue weighted by Gasteiger charge is -1.95. The number of nitrogen functional groups attached to an aromatic ring is 1. The Morgan fingerprint density at radius 1 is 1.46 bits per heavy atom. The normalized spacial score (nSPS) is 10.9. The third-order valence-corrected chi connectivity index (χ3v) is 3.32. The molecule has 0 spiro atoms. The summed E-state index contributed by atoms with van der Waals surface area (Å²) in [5.74, 6) is 0. The van der Waals surface area contributed by atoms with Gasteiger partial charge in [0.15, 0.2) is 0 Å². The van der Waals surface area contributed by atoms with Crippen molar-refractivity contribution in [3.63, 3.8) is 0 Å². The maximum absolute atomic E-state index is 8.91. The maximum atomic E-state index is 8.91. The van der Waals surface area contributed by atoms with Gasteiger partial charge >= 0.3 is 0 Å². The summed E-state index contributed by atoms with van der Waals surface area (Å²) in [4.78, 5) is 0. The predicted molar refractivity (Wildman–Crippen MR) is 57.2 cm³/mol. The number of aliphatic hydroxyl groups is 1. The van der Waals surface area contributed by atoms with E-state index in [0.717, 1.165) is 15.6 Å². The van der Waals surface area contributed by atoms with Crippen LogP contribution in [-0.2, 0) is 6.61 Å². The number of hydrogen-bond donors (Lipinski definition) is 2. The molecule has 0 bridgehead atoms. The molecule has 0 saturated carbocycles. The first-order valence-electron chi connectivity index (χ1n) is 3.79. The summed E-state index contributed by atoms with van der Waals surface area (Å²) in [6.45, 7) is 0.0470. The van der Waals surface area contributed by atoms with Crippen LogP contribution in [0.2, 0.25) is 4.34 Å². The van der Waals surface area contributed by atoms with Crippen LogP contribution < -0.4 is 5.73 Å². The van der Waals surface area contributed by atoms with Crippen LogP contribution in [0.25, 0.3) is 10.1 Å². The van der Waals surface area contributed by atoms with E-state index in [4.69, 9.17) is 22.4 Å². The fourth-order valence-corrected chi connectivity index (χ4v) is 2.49. The number of aliphatic hydroxyl groups excluding tert-OH is 1. The monoisotopic (exact) mass is 213 g/mol. The first kappa shape index (κ1) is 8.81. The average Bonchev–Trinajstić information content (AvgIpc) is 2.42. The Bertz CT molecular complexity index is 452. The molecule has 1 aromatic carbocycles. The molecule has 0 atom stereocenters. The van der Waals surface area contributed by atoms with Gasteiger partial charge in [0.2, 0.25) is 0 Å². The highest BCUT2D eigenvalue weighted by atomic mass is 35.5. The summed E-state index contributed by atoms with van der Waals surface area (Å²) in [5.41, 5.74) is 7.26. The SMILES string of the molecule is Nc1c(Cl)sc2cc(CO)ccc12. The van der Waals surface area contributed by atoms with Crippen molar-refractivity contribution < 1.29 is 5.11 Å². The van der Waals surface area contributed by atoms with E-state index in [9.17, 15) is 0 Å². The highest BCUT2D eigenvalue weighted by Crippen LogP contribution is 2.37. The Morgan fingerprint density at radius 3 is 2.92 bits per heavy atom. The standard InChI is InChI=1S/C9H8ClNOS/c10-9-8(11)6-2-1-5(4-12)3-7(6)13-9/h1-3,12H,4,11H2. The molecule has 1 aromatic heterocycles. The number of anilines is 1. The summed E-state index contributed by atoms with van der Waals surface area (Å²) >= 11 is 7.32. The van der Waals surface area contributed by atoms with E-state index in [1.807, 2.05) is 18.2 Å². The van der Waals surface area contributed by atoms with Crippen LogP contribution in [-0.4, -0.2) is 5.11 Å². The molecule has 0 fully saturated rings. The molecule has 0 aliphatic heterocycles. The number of benzene rings is 1. The molecular formula is C9H8ClNOS. The number of nitrogens with two attached hydrogens (primary N) is 1. The summed E-state index contributed by atoms with van der Waals surface area (Å²) in [5, 5.41) is 9.88. The number of fused-ring (bicyclic) bond motifs is 1. The van der Waals surface area contributed by atoms with E-state index < -0.39 is 0 Å². The smallest absolute Gasteiger partial charge is 0.117 e. The van der Waals surface area contributed by atoms with Crippen LogP contribution in [0.4, 0.5) is 5.69 Å². The van der Waals surface area contributed by atoms with Crippen molar-refractivity contribution in [2.24, 2.45) is 0 Å². The van der Waals surface area contributed by atoms with Gasteiger partial charge < -0.3 is 10.8 Å². The highest BCUT2D eigenvalue weighted by Gasteiger charge is 2.06. The van der Waals surface area contributed by atoms with Gasteiger partial charge in [-0.05, 0) is 11.6 Å². The van der Waals surface area contributed by atoms with E-state index in [0.29, 0.717) is 10.0 Å². The summed E-state index contributed by atoms with van der Waals surface area (Å²) in [6.07, 6.45) is 0. The van der Waals surface area contributed by atoms with Crippen molar-refractivity contribution in [3.8, 4) is 0 Å². The van der Waals surface area contributed by atoms with Gasteiger partial charge in [0.05, 0.1) is 12.3 Å². The highest BCUT2D eigenvalue weighted by molar-refractivity contribution is 7.23. The fourth-order valence-electron chi connectivity index (χ4n) is 1.23. The quantitative estimate of drug-likeness (QED) is 0.765. The van der Waals surface area contributed by atoms with Gasteiger partial charge in [-0.25, -0.2) is 0 Å². The molecule has 2 rings (SSSR count). The van der Waals surface area contributed by atoms with E-state index in [1.165, 1.54) is 11.3 Å². The second kappa shape index (κ2) is 3.18. The molecule has 0 aliphatic rings. The van der Waals surface area contributed by atoms with Crippen LogP contribution in [0, 0.1) is 0 Å². The minimum Gasteiger partial charge on any atom is -0.396 e. The van der Waals surface area contributed by atoms with E-state index in [1.54, 1.807) is 0 Å². The van der Waals surface area contributed by atoms with Crippen LogP contribution in [0.3, 0.4) is 0 Å². The summed E-state index contributed by atoms with van der Waals surface area (Å²) < 4.78 is 1.64. The third-order valence-electron chi connectivity index (χ3n) is 1.93. The molecule has 2 nitrogen and oxygen atoms in total. The number of halogens is 1. The van der Waals surface area contributed by atoms with Crippen molar-refractivity contribution in [1.82, 2.24) is 0 Å². The average molecular weight is 214 g/mol. The molecule has 0 radical (unpaired) electrons. The van der Waals surface area contributed by atoms with E-state index >= 15 is 0 Å². The van der Waals surface area contributed by atoms with E-state index in [2.05, 4.69) is 0 Å². The Kier molecular flexibility index (Phi) is 2.15. The Morgan fingerprint density at radius 2 is 2.23 bits per heavy atom. The molecule has 1 heterocycles. The van der Waals surface area contributed by atoms with E-state index in [-0.39, 0.29) is 6.61 Å². The Labute approximate surface area is 84.6 Å². The zero-order valence-electron chi connectivity index (χ0n) is 6.75. The summed E-state index contributed by atoms with van der Waals surface area (Å²) in [6, 6.07) is 5.64. The molecule has 68 valence electrons. The van der Waals surface area contributed by atoms with Gasteiger partial charge in [0, 0.05) is 10.1 Å². The van der Waals surface area contributed by atoms with Gasteiger partial charge in [-0.1, -0.05) is 23.7 Å². The lowest BCUT2D eigenvalue weighted by molar-refractivity contribution is 0.282. The van der Waals surface area contributed by atoms with Gasteiger partial charge in [0.1, 0.15) is 4.34 Å². The van der Waals surface area contributed by atoms with Crippen LogP contribution in [0.15, 0.2) is 18.2 Å². The van der Waals surface area contributed by atoms with Crippen molar-refractivity contribution in [3.05, 3.63) is 28.1 Å². The van der Waals surface area contributed by atoms with Crippen LogP contribution >= 0.6 is 22.9 Å². The van der Waals surface area contributed by atoms with Crippen LogP contribution in [0.5, 0.6) is 0 Å². The molecule has 3 N–H and O–H groups in total. The second-order valence-electron chi connectivity index (χ2n) is 2.78. The van der Waals surface area contributed by atoms with Gasteiger partial charge in [-0.3, -0.25) is 0 Å².